The Bertz CT molecular complexity index is 1140. The first-order valence-electron chi connectivity index (χ1n) is 7.95. The average Bonchev–Trinajstić information content (AvgIpc) is 3.06. The van der Waals surface area contributed by atoms with E-state index in [0.29, 0.717) is 28.1 Å². The molecule has 0 fully saturated rings. The second kappa shape index (κ2) is 6.75. The van der Waals surface area contributed by atoms with Crippen molar-refractivity contribution in [3.8, 4) is 23.1 Å². The second-order valence-electron chi connectivity index (χ2n) is 5.76. The molecule has 0 aliphatic carbocycles. The summed E-state index contributed by atoms with van der Waals surface area (Å²) in [5, 5.41) is 0.426. The van der Waals surface area contributed by atoms with Crippen LogP contribution in [-0.4, -0.2) is 31.6 Å². The van der Waals surface area contributed by atoms with Crippen LogP contribution in [0.25, 0.3) is 28.4 Å². The van der Waals surface area contributed by atoms with Gasteiger partial charge in [-0.3, -0.25) is 9.55 Å². The zero-order chi connectivity index (χ0) is 19.9. The minimum atomic E-state index is -4.52. The van der Waals surface area contributed by atoms with Crippen LogP contribution in [0.15, 0.2) is 48.9 Å². The van der Waals surface area contributed by atoms with Crippen molar-refractivity contribution < 1.29 is 17.9 Å². The number of rotatable bonds is 3. The van der Waals surface area contributed by atoms with E-state index in [2.05, 4.69) is 19.9 Å². The minimum Gasteiger partial charge on any atom is -0.481 e. The molecule has 0 aliphatic heterocycles. The highest BCUT2D eigenvalue weighted by Gasteiger charge is 2.32. The summed E-state index contributed by atoms with van der Waals surface area (Å²) in [6, 6.07) is 7.53. The van der Waals surface area contributed by atoms with Gasteiger partial charge in [-0.15, -0.1) is 0 Å². The molecular formula is C18H11ClF3N5O. The Morgan fingerprint density at radius 3 is 2.43 bits per heavy atom. The van der Waals surface area contributed by atoms with E-state index in [4.69, 9.17) is 16.3 Å². The summed E-state index contributed by atoms with van der Waals surface area (Å²) in [7, 11) is 1.48. The third-order valence-corrected chi connectivity index (χ3v) is 4.19. The summed E-state index contributed by atoms with van der Waals surface area (Å²) in [4.78, 5) is 16.7. The van der Waals surface area contributed by atoms with E-state index in [1.807, 2.05) is 0 Å². The van der Waals surface area contributed by atoms with E-state index in [1.165, 1.54) is 19.5 Å². The fourth-order valence-corrected chi connectivity index (χ4v) is 2.78. The fourth-order valence-electron chi connectivity index (χ4n) is 2.67. The van der Waals surface area contributed by atoms with E-state index in [-0.39, 0.29) is 11.2 Å². The van der Waals surface area contributed by atoms with Crippen molar-refractivity contribution in [3.63, 3.8) is 0 Å². The summed E-state index contributed by atoms with van der Waals surface area (Å²) in [6.45, 7) is 0. The first-order chi connectivity index (χ1) is 13.4. The lowest BCUT2D eigenvalue weighted by Gasteiger charge is -2.09. The third kappa shape index (κ3) is 3.24. The number of pyridine rings is 3. The van der Waals surface area contributed by atoms with Crippen LogP contribution >= 0.6 is 11.6 Å². The Morgan fingerprint density at radius 1 is 1.00 bits per heavy atom. The molecule has 0 aromatic carbocycles. The molecule has 4 rings (SSSR count). The molecule has 6 nitrogen and oxygen atoms in total. The summed E-state index contributed by atoms with van der Waals surface area (Å²) in [6.07, 6.45) is -0.804. The van der Waals surface area contributed by atoms with Gasteiger partial charge < -0.3 is 4.74 Å². The lowest BCUT2D eigenvalue weighted by molar-refractivity contribution is -0.137. The molecule has 4 aromatic heterocycles. The first kappa shape index (κ1) is 18.2. The number of hydrogen-bond acceptors (Lipinski definition) is 5. The standard InChI is InChI=1S/C18H11ClF3N5O/c1-28-15-5-3-12(9-24-15)27-16-14(6-10(7-25-16)18(20,21)22)26-17(27)13-4-2-11(19)8-23-13/h2-9H,1H3. The van der Waals surface area contributed by atoms with E-state index < -0.39 is 11.7 Å². The molecule has 4 heterocycles. The molecule has 0 radical (unpaired) electrons. The second-order valence-corrected chi connectivity index (χ2v) is 6.19. The van der Waals surface area contributed by atoms with Crippen LogP contribution in [0.1, 0.15) is 5.56 Å². The van der Waals surface area contributed by atoms with E-state index in [1.54, 1.807) is 28.8 Å². The van der Waals surface area contributed by atoms with Crippen LogP contribution in [0.3, 0.4) is 0 Å². The summed E-state index contributed by atoms with van der Waals surface area (Å²) >= 11 is 5.89. The van der Waals surface area contributed by atoms with Gasteiger partial charge in [-0.2, -0.15) is 13.2 Å². The largest absolute Gasteiger partial charge is 0.481 e. The normalized spacial score (nSPS) is 11.8. The highest BCUT2D eigenvalue weighted by Crippen LogP contribution is 2.33. The van der Waals surface area contributed by atoms with Gasteiger partial charge in [-0.1, -0.05) is 11.6 Å². The molecule has 10 heteroatoms. The van der Waals surface area contributed by atoms with Crippen molar-refractivity contribution in [2.75, 3.05) is 7.11 Å². The molecule has 4 aromatic rings. The molecule has 0 unspecified atom stereocenters. The maximum Gasteiger partial charge on any atom is 0.417 e. The van der Waals surface area contributed by atoms with Gasteiger partial charge in [0, 0.05) is 18.5 Å². The number of imidazole rings is 1. The Hall–Kier alpha value is -3.20. The highest BCUT2D eigenvalue weighted by atomic mass is 35.5. The number of alkyl halides is 3. The average molecular weight is 406 g/mol. The SMILES string of the molecule is COc1ccc(-n2c(-c3ccc(Cl)cn3)nc3cc(C(F)(F)F)cnc32)cn1. The fraction of sp³-hybridized carbons (Fsp3) is 0.111. The van der Waals surface area contributed by atoms with Crippen LogP contribution in [0.2, 0.25) is 5.02 Å². The Morgan fingerprint density at radius 2 is 1.82 bits per heavy atom. The molecular weight excluding hydrogens is 395 g/mol. The molecule has 0 atom stereocenters. The van der Waals surface area contributed by atoms with E-state index >= 15 is 0 Å². The molecule has 0 bridgehead atoms. The summed E-state index contributed by atoms with van der Waals surface area (Å²) < 4.78 is 45.8. The van der Waals surface area contributed by atoms with Crippen LogP contribution in [0.5, 0.6) is 5.88 Å². The predicted octanol–water partition coefficient (Wildman–Crippen LogP) is 4.56. The van der Waals surface area contributed by atoms with Gasteiger partial charge in [0.05, 0.1) is 29.6 Å². The monoisotopic (exact) mass is 405 g/mol. The van der Waals surface area contributed by atoms with Gasteiger partial charge in [-0.25, -0.2) is 15.0 Å². The number of halogens is 4. The Labute approximate surface area is 161 Å². The number of aromatic nitrogens is 5. The minimum absolute atomic E-state index is 0.0809. The van der Waals surface area contributed by atoms with Gasteiger partial charge >= 0.3 is 6.18 Å². The molecule has 0 saturated heterocycles. The molecule has 0 saturated carbocycles. The van der Waals surface area contributed by atoms with Crippen molar-refractivity contribution in [1.29, 1.82) is 0 Å². The molecule has 0 amide bonds. The smallest absolute Gasteiger partial charge is 0.417 e. The Balaban J connectivity index is 1.98. The van der Waals surface area contributed by atoms with Crippen LogP contribution < -0.4 is 4.74 Å². The number of methoxy groups -OCH3 is 1. The zero-order valence-corrected chi connectivity index (χ0v) is 15.0. The predicted molar refractivity (Wildman–Crippen MR) is 96.5 cm³/mol. The number of ether oxygens (including phenoxy) is 1. The number of nitrogens with zero attached hydrogens (tertiary/aromatic N) is 5. The molecule has 0 N–H and O–H groups in total. The van der Waals surface area contributed by atoms with Crippen molar-refractivity contribution in [2.45, 2.75) is 6.18 Å². The number of fused-ring (bicyclic) bond motifs is 1. The lowest BCUT2D eigenvalue weighted by Crippen LogP contribution is -2.06. The van der Waals surface area contributed by atoms with E-state index in [9.17, 15) is 13.2 Å². The number of hydrogen-bond donors (Lipinski definition) is 0. The maximum absolute atomic E-state index is 13.1. The van der Waals surface area contributed by atoms with E-state index in [0.717, 1.165) is 12.3 Å². The quantitative estimate of drug-likeness (QED) is 0.500. The molecule has 142 valence electrons. The van der Waals surface area contributed by atoms with Gasteiger partial charge in [0.2, 0.25) is 5.88 Å². The summed E-state index contributed by atoms with van der Waals surface area (Å²) in [5.74, 6) is 0.706. The van der Waals surface area contributed by atoms with Gasteiger partial charge in [-0.05, 0) is 24.3 Å². The molecule has 28 heavy (non-hydrogen) atoms. The highest BCUT2D eigenvalue weighted by molar-refractivity contribution is 6.30. The van der Waals surface area contributed by atoms with Gasteiger partial charge in [0.25, 0.3) is 0 Å². The zero-order valence-electron chi connectivity index (χ0n) is 14.3. The van der Waals surface area contributed by atoms with Crippen LogP contribution in [-0.2, 0) is 6.18 Å². The Kier molecular flexibility index (Phi) is 4.38. The molecule has 0 aliphatic rings. The summed E-state index contributed by atoms with van der Waals surface area (Å²) in [5.41, 5.74) is 0.409. The van der Waals surface area contributed by atoms with Crippen LogP contribution in [0.4, 0.5) is 13.2 Å². The van der Waals surface area contributed by atoms with Gasteiger partial charge in [0.15, 0.2) is 11.5 Å². The topological polar surface area (TPSA) is 65.7 Å². The van der Waals surface area contributed by atoms with Crippen LogP contribution in [0, 0.1) is 0 Å². The van der Waals surface area contributed by atoms with Crippen molar-refractivity contribution >= 4 is 22.8 Å². The van der Waals surface area contributed by atoms with Crippen molar-refractivity contribution in [2.24, 2.45) is 0 Å². The lowest BCUT2D eigenvalue weighted by atomic mass is 10.2. The molecule has 0 spiro atoms. The third-order valence-electron chi connectivity index (χ3n) is 3.97. The maximum atomic E-state index is 13.1. The van der Waals surface area contributed by atoms with Crippen molar-refractivity contribution in [1.82, 2.24) is 24.5 Å². The van der Waals surface area contributed by atoms with Crippen molar-refractivity contribution in [3.05, 3.63) is 59.5 Å². The first-order valence-corrected chi connectivity index (χ1v) is 8.32. The van der Waals surface area contributed by atoms with Gasteiger partial charge in [0.1, 0.15) is 11.2 Å².